The molecule has 0 saturated heterocycles. The fourth-order valence-corrected chi connectivity index (χ4v) is 2.40. The van der Waals surface area contributed by atoms with E-state index in [9.17, 15) is 0 Å². The molecule has 2 aromatic rings. The molecule has 0 aliphatic heterocycles. The van der Waals surface area contributed by atoms with E-state index in [1.165, 1.54) is 0 Å². The third-order valence-corrected chi connectivity index (χ3v) is 3.40. The SMILES string of the molecule is CCCCN(C)c1nccc(Nc2cc(Cl)cc(Cl)c2)n1. The van der Waals surface area contributed by atoms with Crippen LogP contribution in [0.15, 0.2) is 30.5 Å². The van der Waals surface area contributed by atoms with Crippen molar-refractivity contribution >= 4 is 40.7 Å². The molecule has 0 aliphatic rings. The predicted molar refractivity (Wildman–Crippen MR) is 90.0 cm³/mol. The second-order valence-electron chi connectivity index (χ2n) is 4.80. The Hall–Kier alpha value is -1.52. The number of rotatable bonds is 6. The van der Waals surface area contributed by atoms with Gasteiger partial charge in [0.05, 0.1) is 0 Å². The number of halogens is 2. The summed E-state index contributed by atoms with van der Waals surface area (Å²) in [6.45, 7) is 3.10. The maximum Gasteiger partial charge on any atom is 0.227 e. The van der Waals surface area contributed by atoms with Gasteiger partial charge in [0.25, 0.3) is 0 Å². The number of hydrogen-bond acceptors (Lipinski definition) is 4. The number of nitrogens with one attached hydrogen (secondary N) is 1. The zero-order valence-corrected chi connectivity index (χ0v) is 13.6. The van der Waals surface area contributed by atoms with Gasteiger partial charge in [-0.25, -0.2) is 4.98 Å². The summed E-state index contributed by atoms with van der Waals surface area (Å²) in [4.78, 5) is 10.8. The Kier molecular flexibility index (Phi) is 5.65. The minimum atomic E-state index is 0.583. The molecule has 0 radical (unpaired) electrons. The Morgan fingerprint density at radius 3 is 2.57 bits per heavy atom. The van der Waals surface area contributed by atoms with Gasteiger partial charge in [-0.05, 0) is 30.7 Å². The Bertz CT molecular complexity index is 584. The van der Waals surface area contributed by atoms with Gasteiger partial charge < -0.3 is 10.2 Å². The van der Waals surface area contributed by atoms with Crippen molar-refractivity contribution in [3.8, 4) is 0 Å². The molecule has 2 rings (SSSR count). The lowest BCUT2D eigenvalue weighted by Gasteiger charge is -2.17. The molecule has 1 aromatic carbocycles. The molecule has 1 N–H and O–H groups in total. The highest BCUT2D eigenvalue weighted by Crippen LogP contribution is 2.25. The molecule has 4 nitrogen and oxygen atoms in total. The maximum atomic E-state index is 5.99. The van der Waals surface area contributed by atoms with Crippen molar-refractivity contribution in [2.45, 2.75) is 19.8 Å². The second-order valence-corrected chi connectivity index (χ2v) is 5.67. The molecular formula is C15H18Cl2N4. The molecule has 1 aromatic heterocycles. The van der Waals surface area contributed by atoms with Gasteiger partial charge in [-0.3, -0.25) is 0 Å². The molecule has 0 unspecified atom stereocenters. The van der Waals surface area contributed by atoms with Gasteiger partial charge in [0, 0.05) is 35.5 Å². The van der Waals surface area contributed by atoms with E-state index >= 15 is 0 Å². The van der Waals surface area contributed by atoms with Gasteiger partial charge in [0.15, 0.2) is 0 Å². The average molecular weight is 325 g/mol. The van der Waals surface area contributed by atoms with E-state index in [0.29, 0.717) is 21.8 Å². The fourth-order valence-electron chi connectivity index (χ4n) is 1.87. The van der Waals surface area contributed by atoms with Gasteiger partial charge in [0.2, 0.25) is 5.95 Å². The lowest BCUT2D eigenvalue weighted by Crippen LogP contribution is -2.21. The van der Waals surface area contributed by atoms with Crippen LogP contribution in [0.25, 0.3) is 0 Å². The zero-order valence-electron chi connectivity index (χ0n) is 12.1. The van der Waals surface area contributed by atoms with Crippen LogP contribution in [0.5, 0.6) is 0 Å². The molecular weight excluding hydrogens is 307 g/mol. The number of benzene rings is 1. The summed E-state index contributed by atoms with van der Waals surface area (Å²) in [7, 11) is 1.99. The van der Waals surface area contributed by atoms with Crippen LogP contribution in [0.2, 0.25) is 10.0 Å². The lowest BCUT2D eigenvalue weighted by atomic mass is 10.3. The summed E-state index contributed by atoms with van der Waals surface area (Å²) in [6, 6.07) is 7.11. The van der Waals surface area contributed by atoms with E-state index in [4.69, 9.17) is 23.2 Å². The van der Waals surface area contributed by atoms with Gasteiger partial charge in [-0.1, -0.05) is 36.5 Å². The number of hydrogen-bond donors (Lipinski definition) is 1. The van der Waals surface area contributed by atoms with Crippen LogP contribution < -0.4 is 10.2 Å². The second kappa shape index (κ2) is 7.48. The first-order chi connectivity index (χ1) is 10.1. The molecule has 0 aliphatic carbocycles. The number of nitrogens with zero attached hydrogens (tertiary/aromatic N) is 3. The highest BCUT2D eigenvalue weighted by molar-refractivity contribution is 6.35. The quantitative estimate of drug-likeness (QED) is 0.831. The highest BCUT2D eigenvalue weighted by atomic mass is 35.5. The first-order valence-corrected chi connectivity index (χ1v) is 7.61. The fraction of sp³-hybridized carbons (Fsp3) is 0.333. The van der Waals surface area contributed by atoms with E-state index in [1.54, 1.807) is 24.4 Å². The number of anilines is 3. The Balaban J connectivity index is 2.13. The lowest BCUT2D eigenvalue weighted by molar-refractivity contribution is 0.750. The van der Waals surface area contributed by atoms with Crippen LogP contribution in [0.3, 0.4) is 0 Å². The molecule has 0 atom stereocenters. The van der Waals surface area contributed by atoms with Gasteiger partial charge in [0.1, 0.15) is 5.82 Å². The summed E-state index contributed by atoms with van der Waals surface area (Å²) in [5, 5.41) is 4.36. The monoisotopic (exact) mass is 324 g/mol. The van der Waals surface area contributed by atoms with E-state index in [-0.39, 0.29) is 0 Å². The van der Waals surface area contributed by atoms with E-state index in [2.05, 4.69) is 22.2 Å². The molecule has 1 heterocycles. The molecule has 112 valence electrons. The maximum absolute atomic E-state index is 5.99. The highest BCUT2D eigenvalue weighted by Gasteiger charge is 2.06. The van der Waals surface area contributed by atoms with E-state index in [1.807, 2.05) is 18.0 Å². The summed E-state index contributed by atoms with van der Waals surface area (Å²) >= 11 is 12.0. The minimum absolute atomic E-state index is 0.583. The van der Waals surface area contributed by atoms with Crippen molar-refractivity contribution in [3.63, 3.8) is 0 Å². The van der Waals surface area contributed by atoms with Gasteiger partial charge >= 0.3 is 0 Å². The normalized spacial score (nSPS) is 10.5. The van der Waals surface area contributed by atoms with Crippen LogP contribution in [0, 0.1) is 0 Å². The summed E-state index contributed by atoms with van der Waals surface area (Å²) < 4.78 is 0. The Morgan fingerprint density at radius 1 is 1.19 bits per heavy atom. The van der Waals surface area contributed by atoms with Crippen LogP contribution in [0.1, 0.15) is 19.8 Å². The predicted octanol–water partition coefficient (Wildman–Crippen LogP) is 4.76. The molecule has 0 bridgehead atoms. The summed E-state index contributed by atoms with van der Waals surface area (Å²) in [5.41, 5.74) is 0.799. The summed E-state index contributed by atoms with van der Waals surface area (Å²) in [5.74, 6) is 1.41. The Labute approximate surface area is 135 Å². The third-order valence-electron chi connectivity index (χ3n) is 2.97. The van der Waals surface area contributed by atoms with E-state index in [0.717, 1.165) is 25.1 Å². The molecule has 0 fully saturated rings. The molecule has 0 saturated carbocycles. The van der Waals surface area contributed by atoms with Crippen LogP contribution in [-0.4, -0.2) is 23.6 Å². The van der Waals surface area contributed by atoms with Crippen LogP contribution in [0.4, 0.5) is 17.5 Å². The molecule has 0 spiro atoms. The topological polar surface area (TPSA) is 41.1 Å². The van der Waals surface area contributed by atoms with E-state index < -0.39 is 0 Å². The van der Waals surface area contributed by atoms with Crippen LogP contribution in [-0.2, 0) is 0 Å². The number of aromatic nitrogens is 2. The zero-order chi connectivity index (χ0) is 15.2. The third kappa shape index (κ3) is 4.76. The largest absolute Gasteiger partial charge is 0.344 e. The van der Waals surface area contributed by atoms with Crippen molar-refractivity contribution in [3.05, 3.63) is 40.5 Å². The van der Waals surface area contributed by atoms with Gasteiger partial charge in [-0.15, -0.1) is 0 Å². The van der Waals surface area contributed by atoms with Crippen molar-refractivity contribution in [2.24, 2.45) is 0 Å². The first kappa shape index (κ1) is 15.9. The molecule has 6 heteroatoms. The first-order valence-electron chi connectivity index (χ1n) is 6.86. The Morgan fingerprint density at radius 2 is 1.90 bits per heavy atom. The minimum Gasteiger partial charge on any atom is -0.344 e. The number of unbranched alkanes of at least 4 members (excludes halogenated alkanes) is 1. The van der Waals surface area contributed by atoms with Gasteiger partial charge in [-0.2, -0.15) is 4.98 Å². The smallest absolute Gasteiger partial charge is 0.227 e. The standard InChI is InChI=1S/C15H18Cl2N4/c1-3-4-7-21(2)15-18-6-5-14(20-15)19-13-9-11(16)8-12(17)10-13/h5-6,8-10H,3-4,7H2,1-2H3,(H,18,19,20). The molecule has 0 amide bonds. The average Bonchev–Trinajstić information content (AvgIpc) is 2.44. The molecule has 21 heavy (non-hydrogen) atoms. The van der Waals surface area contributed by atoms with Crippen molar-refractivity contribution in [2.75, 3.05) is 23.8 Å². The summed E-state index contributed by atoms with van der Waals surface area (Å²) in [6.07, 6.45) is 3.99. The van der Waals surface area contributed by atoms with Crippen molar-refractivity contribution < 1.29 is 0 Å². The van der Waals surface area contributed by atoms with Crippen molar-refractivity contribution in [1.29, 1.82) is 0 Å². The van der Waals surface area contributed by atoms with Crippen molar-refractivity contribution in [1.82, 2.24) is 9.97 Å². The van der Waals surface area contributed by atoms with Crippen LogP contribution >= 0.6 is 23.2 Å².